The highest BCUT2D eigenvalue weighted by Gasteiger charge is 2.45. The third-order valence-electron chi connectivity index (χ3n) is 6.00. The Balaban J connectivity index is 0.00000168. The van der Waals surface area contributed by atoms with E-state index in [1.54, 1.807) is 4.90 Å². The number of fused-ring (bicyclic) bond motifs is 3. The summed E-state index contributed by atoms with van der Waals surface area (Å²) in [6.45, 7) is 2.97. The first-order chi connectivity index (χ1) is 12.1. The van der Waals surface area contributed by atoms with E-state index in [0.29, 0.717) is 28.1 Å². The van der Waals surface area contributed by atoms with Crippen LogP contribution in [0.2, 0.25) is 0 Å². The maximum absolute atomic E-state index is 13.3. The molecular formula is C19H19I2N3O2. The summed E-state index contributed by atoms with van der Waals surface area (Å²) in [5, 5.41) is 1.52. The van der Waals surface area contributed by atoms with Gasteiger partial charge < -0.3 is 10.6 Å². The molecule has 2 amide bonds. The Hall–Kier alpha value is -0.940. The van der Waals surface area contributed by atoms with Crippen molar-refractivity contribution in [3.63, 3.8) is 0 Å². The molecule has 0 spiro atoms. The van der Waals surface area contributed by atoms with Crippen molar-refractivity contribution in [2.45, 2.75) is 18.9 Å². The van der Waals surface area contributed by atoms with Gasteiger partial charge in [-0.1, -0.05) is 12.1 Å². The molecule has 2 aromatic carbocycles. The Morgan fingerprint density at radius 2 is 1.77 bits per heavy atom. The molecule has 3 saturated heterocycles. The van der Waals surface area contributed by atoms with Gasteiger partial charge in [0.1, 0.15) is 0 Å². The average molecular weight is 575 g/mol. The topological polar surface area (TPSA) is 66.6 Å². The summed E-state index contributed by atoms with van der Waals surface area (Å²) in [5.74, 6) is 0.0966. The van der Waals surface area contributed by atoms with Crippen molar-refractivity contribution in [3.05, 3.63) is 39.0 Å². The van der Waals surface area contributed by atoms with Crippen molar-refractivity contribution in [3.8, 4) is 0 Å². The number of rotatable bonds is 1. The lowest BCUT2D eigenvalue weighted by Crippen LogP contribution is -2.60. The van der Waals surface area contributed by atoms with Gasteiger partial charge >= 0.3 is 0 Å². The second kappa shape index (κ2) is 6.59. The molecule has 0 saturated carbocycles. The normalized spacial score (nSPS) is 27.0. The van der Waals surface area contributed by atoms with Crippen molar-refractivity contribution in [1.82, 2.24) is 9.80 Å². The molecule has 2 bridgehead atoms. The van der Waals surface area contributed by atoms with Crippen LogP contribution in [0.5, 0.6) is 0 Å². The zero-order chi connectivity index (χ0) is 17.3. The van der Waals surface area contributed by atoms with Crippen LogP contribution < -0.4 is 5.73 Å². The Labute approximate surface area is 182 Å². The number of piperidine rings is 3. The van der Waals surface area contributed by atoms with Gasteiger partial charge in [-0.3, -0.25) is 14.5 Å². The first kappa shape index (κ1) is 18.4. The van der Waals surface area contributed by atoms with Crippen molar-refractivity contribution < 1.29 is 9.59 Å². The van der Waals surface area contributed by atoms with Crippen LogP contribution in [0.4, 0.5) is 5.69 Å². The Bertz CT molecular complexity index is 938. The Morgan fingerprint density at radius 1 is 1.08 bits per heavy atom. The third-order valence-corrected chi connectivity index (χ3v) is 6.90. The van der Waals surface area contributed by atoms with Crippen LogP contribution in [0, 0.1) is 9.49 Å². The van der Waals surface area contributed by atoms with E-state index in [1.807, 2.05) is 24.3 Å². The second-order valence-corrected chi connectivity index (χ2v) is 8.40. The minimum Gasteiger partial charge on any atom is -0.397 e. The second-order valence-electron chi connectivity index (χ2n) is 7.23. The number of anilines is 1. The highest BCUT2D eigenvalue weighted by atomic mass is 127. The predicted octanol–water partition coefficient (Wildman–Crippen LogP) is 3.33. The van der Waals surface area contributed by atoms with E-state index >= 15 is 0 Å². The number of benzene rings is 2. The fourth-order valence-electron chi connectivity index (χ4n) is 4.70. The molecule has 4 aliphatic rings. The fourth-order valence-corrected chi connectivity index (χ4v) is 5.30. The van der Waals surface area contributed by atoms with Crippen LogP contribution in [0.15, 0.2) is 24.3 Å². The van der Waals surface area contributed by atoms with Crippen molar-refractivity contribution in [2.75, 3.05) is 25.4 Å². The van der Waals surface area contributed by atoms with Gasteiger partial charge in [-0.2, -0.15) is 0 Å². The summed E-state index contributed by atoms with van der Waals surface area (Å²) >= 11 is 2.16. The van der Waals surface area contributed by atoms with Crippen LogP contribution >= 0.6 is 46.6 Å². The monoisotopic (exact) mass is 575 g/mol. The zero-order valence-electron chi connectivity index (χ0n) is 14.1. The maximum Gasteiger partial charge on any atom is 0.261 e. The van der Waals surface area contributed by atoms with E-state index < -0.39 is 0 Å². The molecule has 3 fully saturated rings. The summed E-state index contributed by atoms with van der Waals surface area (Å²) in [5.41, 5.74) is 8.05. The summed E-state index contributed by atoms with van der Waals surface area (Å²) in [4.78, 5) is 30.4. The molecule has 0 aliphatic carbocycles. The first-order valence-corrected chi connectivity index (χ1v) is 9.75. The molecule has 1 unspecified atom stereocenters. The third kappa shape index (κ3) is 2.50. The van der Waals surface area contributed by atoms with Gasteiger partial charge in [0.25, 0.3) is 11.8 Å². The predicted molar refractivity (Wildman–Crippen MR) is 120 cm³/mol. The van der Waals surface area contributed by atoms with Gasteiger partial charge in [0.15, 0.2) is 0 Å². The van der Waals surface area contributed by atoms with Crippen molar-refractivity contribution in [2.24, 2.45) is 5.92 Å². The number of carbonyl (C=O) groups is 2. The molecule has 4 aliphatic heterocycles. The molecule has 26 heavy (non-hydrogen) atoms. The van der Waals surface area contributed by atoms with Crippen LogP contribution in [-0.2, 0) is 0 Å². The van der Waals surface area contributed by atoms with Crippen LogP contribution in [-0.4, -0.2) is 47.3 Å². The summed E-state index contributed by atoms with van der Waals surface area (Å²) in [7, 11) is 0. The molecule has 6 rings (SSSR count). The highest BCUT2D eigenvalue weighted by Crippen LogP contribution is 2.39. The number of hydrogen-bond acceptors (Lipinski definition) is 4. The first-order valence-electron chi connectivity index (χ1n) is 8.67. The maximum atomic E-state index is 13.3. The summed E-state index contributed by atoms with van der Waals surface area (Å²) < 4.78 is 0.855. The van der Waals surface area contributed by atoms with Gasteiger partial charge in [-0.25, -0.2) is 0 Å². The van der Waals surface area contributed by atoms with Gasteiger partial charge in [-0.05, 0) is 66.6 Å². The molecular weight excluding hydrogens is 556 g/mol. The highest BCUT2D eigenvalue weighted by molar-refractivity contribution is 14.1. The SMILES string of the molecule is I.Nc1c(I)cc2c3c(cccc13)C(=O)N(C1CN3CCC1CC3)C2=O. The van der Waals surface area contributed by atoms with Gasteiger partial charge in [-0.15, -0.1) is 24.0 Å². The van der Waals surface area contributed by atoms with E-state index in [4.69, 9.17) is 5.73 Å². The van der Waals surface area contributed by atoms with Gasteiger partial charge in [0.2, 0.25) is 0 Å². The number of nitrogens with two attached hydrogens (primary N) is 1. The molecule has 2 aromatic rings. The fraction of sp³-hybridized carbons (Fsp3) is 0.368. The number of imide groups is 1. The quantitative estimate of drug-likeness (QED) is 0.322. The Morgan fingerprint density at radius 3 is 2.42 bits per heavy atom. The average Bonchev–Trinajstić information content (AvgIpc) is 2.64. The van der Waals surface area contributed by atoms with E-state index in [-0.39, 0.29) is 41.8 Å². The smallest absolute Gasteiger partial charge is 0.261 e. The minimum atomic E-state index is -0.164. The lowest BCUT2D eigenvalue weighted by molar-refractivity contribution is 0.00881. The van der Waals surface area contributed by atoms with Crippen LogP contribution in [0.25, 0.3) is 10.8 Å². The molecule has 136 valence electrons. The number of carbonyl (C=O) groups excluding carboxylic acids is 2. The van der Waals surface area contributed by atoms with Crippen molar-refractivity contribution >= 4 is 74.8 Å². The van der Waals surface area contributed by atoms with E-state index in [2.05, 4.69) is 27.5 Å². The molecule has 5 nitrogen and oxygen atoms in total. The molecule has 7 heteroatoms. The van der Waals surface area contributed by atoms with Crippen LogP contribution in [0.3, 0.4) is 0 Å². The van der Waals surface area contributed by atoms with E-state index in [1.165, 1.54) is 0 Å². The largest absolute Gasteiger partial charge is 0.397 e. The van der Waals surface area contributed by atoms with Gasteiger partial charge in [0, 0.05) is 32.0 Å². The lowest BCUT2D eigenvalue weighted by Gasteiger charge is -2.49. The Kier molecular flexibility index (Phi) is 4.67. The lowest BCUT2D eigenvalue weighted by atomic mass is 9.81. The zero-order valence-corrected chi connectivity index (χ0v) is 18.6. The van der Waals surface area contributed by atoms with Crippen LogP contribution in [0.1, 0.15) is 33.6 Å². The molecule has 1 atom stereocenters. The van der Waals surface area contributed by atoms with E-state index in [9.17, 15) is 9.59 Å². The number of amides is 2. The number of nitrogens with zero attached hydrogens (tertiary/aromatic N) is 2. The molecule has 0 aromatic heterocycles. The molecule has 2 N–H and O–H groups in total. The standard InChI is InChI=1S/C19H18IN3O2.HI/c20-14-8-13-16-11(17(14)21)2-1-3-12(16)18(24)23(19(13)25)15-9-22-6-4-10(15)5-7-22;/h1-3,8,10,15H,4-7,9,21H2;1H. The minimum absolute atomic E-state index is 0. The number of hydrogen-bond donors (Lipinski definition) is 1. The number of halogens is 2. The van der Waals surface area contributed by atoms with Crippen molar-refractivity contribution in [1.29, 1.82) is 0 Å². The summed E-state index contributed by atoms with van der Waals surface area (Å²) in [6, 6.07) is 7.40. The molecule has 4 heterocycles. The summed E-state index contributed by atoms with van der Waals surface area (Å²) in [6.07, 6.45) is 2.14. The van der Waals surface area contributed by atoms with E-state index in [0.717, 1.165) is 41.4 Å². The molecule has 0 radical (unpaired) electrons. The number of nitrogen functional groups attached to an aromatic ring is 1. The van der Waals surface area contributed by atoms with Gasteiger partial charge in [0.05, 0.1) is 11.7 Å².